The second kappa shape index (κ2) is 4.65. The summed E-state index contributed by atoms with van der Waals surface area (Å²) in [7, 11) is 0. The third-order valence-electron chi connectivity index (χ3n) is 3.28. The van der Waals surface area contributed by atoms with Crippen LogP contribution in [0, 0.1) is 0 Å². The van der Waals surface area contributed by atoms with Gasteiger partial charge < -0.3 is 14.9 Å². The predicted molar refractivity (Wildman–Crippen MR) is 77.1 cm³/mol. The average Bonchev–Trinajstić information content (AvgIpc) is 2.80. The van der Waals surface area contributed by atoms with E-state index >= 15 is 0 Å². The van der Waals surface area contributed by atoms with Crippen LogP contribution in [0.4, 0.5) is 5.69 Å². The predicted octanol–water partition coefficient (Wildman–Crippen LogP) is 2.09. The number of aromatic nitrogens is 2. The third-order valence-corrected chi connectivity index (χ3v) is 3.28. The number of nitrogens with zero attached hydrogens (tertiary/aromatic N) is 2. The Morgan fingerprint density at radius 1 is 0.947 bits per heavy atom. The van der Waals surface area contributed by atoms with E-state index in [1.54, 1.807) is 16.7 Å². The van der Waals surface area contributed by atoms with Crippen LogP contribution in [0.15, 0.2) is 59.7 Å². The second-order valence-corrected chi connectivity index (χ2v) is 4.56. The lowest BCUT2D eigenvalue weighted by Gasteiger charge is -2.08. The highest BCUT2D eigenvalue weighted by Crippen LogP contribution is 2.18. The van der Waals surface area contributed by atoms with Gasteiger partial charge in [-0.05, 0) is 30.3 Å². The van der Waals surface area contributed by atoms with E-state index in [-0.39, 0.29) is 5.56 Å². The quantitative estimate of drug-likeness (QED) is 0.727. The van der Waals surface area contributed by atoms with Gasteiger partial charge in [0.1, 0.15) is 0 Å². The first-order valence-corrected chi connectivity index (χ1v) is 6.24. The maximum Gasteiger partial charge on any atom is 0.250 e. The fourth-order valence-corrected chi connectivity index (χ4v) is 2.27. The summed E-state index contributed by atoms with van der Waals surface area (Å²) in [5, 5.41) is 1.13. The largest absolute Gasteiger partial charge is 0.399 e. The minimum atomic E-state index is 0.0307. The van der Waals surface area contributed by atoms with Gasteiger partial charge in [-0.2, -0.15) is 0 Å². The third kappa shape index (κ3) is 2.25. The lowest BCUT2D eigenvalue weighted by atomic mass is 10.2. The molecule has 0 aliphatic carbocycles. The Morgan fingerprint density at radius 2 is 1.79 bits per heavy atom. The number of aryl methyl sites for hydroxylation is 2. The summed E-state index contributed by atoms with van der Waals surface area (Å²) in [6, 6.07) is 13.1. The van der Waals surface area contributed by atoms with Crippen molar-refractivity contribution in [3.8, 4) is 0 Å². The van der Waals surface area contributed by atoms with Crippen molar-refractivity contribution >= 4 is 16.6 Å². The highest BCUT2D eigenvalue weighted by Gasteiger charge is 2.01. The summed E-state index contributed by atoms with van der Waals surface area (Å²) in [6.45, 7) is 1.42. The maximum absolute atomic E-state index is 11.6. The Balaban J connectivity index is 1.86. The zero-order valence-corrected chi connectivity index (χ0v) is 10.5. The van der Waals surface area contributed by atoms with Gasteiger partial charge in [-0.3, -0.25) is 4.79 Å². The topological polar surface area (TPSA) is 52.9 Å². The molecule has 0 amide bonds. The van der Waals surface area contributed by atoms with Crippen LogP contribution in [0.3, 0.4) is 0 Å². The summed E-state index contributed by atoms with van der Waals surface area (Å²) in [5.41, 5.74) is 7.70. The molecule has 0 spiro atoms. The molecule has 96 valence electrons. The average molecular weight is 253 g/mol. The fourth-order valence-electron chi connectivity index (χ4n) is 2.27. The van der Waals surface area contributed by atoms with Gasteiger partial charge in [0.05, 0.1) is 0 Å². The normalized spacial score (nSPS) is 10.9. The lowest BCUT2D eigenvalue weighted by molar-refractivity contribution is 0.577. The maximum atomic E-state index is 11.6. The molecular formula is C15H15N3O. The van der Waals surface area contributed by atoms with E-state index in [2.05, 4.69) is 4.57 Å². The molecular weight excluding hydrogens is 238 g/mol. The standard InChI is InChI=1S/C15H15N3O/c16-13-4-5-14-12(11-13)6-8-17(14)9-10-18-7-2-1-3-15(18)19/h1-8,11H,9-10,16H2. The van der Waals surface area contributed by atoms with Crippen molar-refractivity contribution in [3.05, 3.63) is 65.2 Å². The van der Waals surface area contributed by atoms with E-state index in [1.165, 1.54) is 0 Å². The summed E-state index contributed by atoms with van der Waals surface area (Å²) in [6.07, 6.45) is 3.84. The van der Waals surface area contributed by atoms with Crippen LogP contribution in [-0.4, -0.2) is 9.13 Å². The first-order chi connectivity index (χ1) is 9.24. The second-order valence-electron chi connectivity index (χ2n) is 4.56. The molecule has 4 nitrogen and oxygen atoms in total. The number of benzene rings is 1. The number of rotatable bonds is 3. The zero-order valence-electron chi connectivity index (χ0n) is 10.5. The van der Waals surface area contributed by atoms with E-state index in [4.69, 9.17) is 5.73 Å². The molecule has 3 rings (SSSR count). The molecule has 1 aromatic carbocycles. The molecule has 0 saturated heterocycles. The van der Waals surface area contributed by atoms with E-state index in [0.29, 0.717) is 6.54 Å². The van der Waals surface area contributed by atoms with Crippen molar-refractivity contribution in [3.63, 3.8) is 0 Å². The van der Waals surface area contributed by atoms with Gasteiger partial charge in [-0.1, -0.05) is 6.07 Å². The SMILES string of the molecule is Nc1ccc2c(ccn2CCn2ccccc2=O)c1. The molecule has 0 saturated carbocycles. The van der Waals surface area contributed by atoms with E-state index < -0.39 is 0 Å². The first-order valence-electron chi connectivity index (χ1n) is 6.24. The van der Waals surface area contributed by atoms with Crippen LogP contribution in [0.5, 0.6) is 0 Å². The molecule has 19 heavy (non-hydrogen) atoms. The summed E-state index contributed by atoms with van der Waals surface area (Å²) in [5.74, 6) is 0. The molecule has 0 fully saturated rings. The van der Waals surface area contributed by atoms with Crippen LogP contribution >= 0.6 is 0 Å². The monoisotopic (exact) mass is 253 g/mol. The molecule has 0 atom stereocenters. The van der Waals surface area contributed by atoms with E-state index in [0.717, 1.165) is 23.1 Å². The minimum Gasteiger partial charge on any atom is -0.399 e. The smallest absolute Gasteiger partial charge is 0.250 e. The molecule has 0 bridgehead atoms. The molecule has 0 aliphatic rings. The molecule has 0 aliphatic heterocycles. The Morgan fingerprint density at radius 3 is 2.63 bits per heavy atom. The van der Waals surface area contributed by atoms with Crippen molar-refractivity contribution in [1.82, 2.24) is 9.13 Å². The molecule has 0 radical (unpaired) electrons. The summed E-state index contributed by atoms with van der Waals surface area (Å²) >= 11 is 0. The number of nitrogen functional groups attached to an aromatic ring is 1. The van der Waals surface area contributed by atoms with Crippen LogP contribution < -0.4 is 11.3 Å². The number of hydrogen-bond donors (Lipinski definition) is 1. The van der Waals surface area contributed by atoms with Gasteiger partial charge in [-0.15, -0.1) is 0 Å². The zero-order chi connectivity index (χ0) is 13.2. The van der Waals surface area contributed by atoms with Gasteiger partial charge in [0.2, 0.25) is 0 Å². The van der Waals surface area contributed by atoms with Crippen molar-refractivity contribution in [2.24, 2.45) is 0 Å². The molecule has 0 unspecified atom stereocenters. The van der Waals surface area contributed by atoms with Crippen LogP contribution in [0.25, 0.3) is 10.9 Å². The lowest BCUT2D eigenvalue weighted by Crippen LogP contribution is -2.20. The molecule has 3 aromatic rings. The summed E-state index contributed by atoms with van der Waals surface area (Å²) in [4.78, 5) is 11.6. The molecule has 2 heterocycles. The van der Waals surface area contributed by atoms with Gasteiger partial charge in [0.25, 0.3) is 5.56 Å². The van der Waals surface area contributed by atoms with Crippen LogP contribution in [-0.2, 0) is 13.1 Å². The number of pyridine rings is 1. The Kier molecular flexibility index (Phi) is 2.83. The number of hydrogen-bond acceptors (Lipinski definition) is 2. The number of fused-ring (bicyclic) bond motifs is 1. The van der Waals surface area contributed by atoms with E-state index in [9.17, 15) is 4.79 Å². The highest BCUT2D eigenvalue weighted by atomic mass is 16.1. The Hall–Kier alpha value is -2.49. The fraction of sp³-hybridized carbons (Fsp3) is 0.133. The number of nitrogens with two attached hydrogens (primary N) is 1. The van der Waals surface area contributed by atoms with Crippen molar-refractivity contribution in [2.75, 3.05) is 5.73 Å². The first kappa shape index (κ1) is 11.6. The molecule has 4 heteroatoms. The van der Waals surface area contributed by atoms with Gasteiger partial charge in [0, 0.05) is 48.1 Å². The van der Waals surface area contributed by atoms with Gasteiger partial charge >= 0.3 is 0 Å². The molecule has 2 N–H and O–H groups in total. The Bertz CT molecular complexity index is 770. The Labute approximate surface area is 110 Å². The summed E-state index contributed by atoms with van der Waals surface area (Å²) < 4.78 is 3.84. The van der Waals surface area contributed by atoms with Gasteiger partial charge in [-0.25, -0.2) is 0 Å². The van der Waals surface area contributed by atoms with E-state index in [1.807, 2.05) is 42.7 Å². The van der Waals surface area contributed by atoms with Crippen LogP contribution in [0.1, 0.15) is 0 Å². The van der Waals surface area contributed by atoms with Gasteiger partial charge in [0.15, 0.2) is 0 Å². The minimum absolute atomic E-state index is 0.0307. The van der Waals surface area contributed by atoms with Crippen LogP contribution in [0.2, 0.25) is 0 Å². The number of anilines is 1. The molecule has 2 aromatic heterocycles. The van der Waals surface area contributed by atoms with Crippen molar-refractivity contribution < 1.29 is 0 Å². The van der Waals surface area contributed by atoms with Crippen molar-refractivity contribution in [1.29, 1.82) is 0 Å². The van der Waals surface area contributed by atoms with Crippen molar-refractivity contribution in [2.45, 2.75) is 13.1 Å². The highest BCUT2D eigenvalue weighted by molar-refractivity contribution is 5.83.